The Morgan fingerprint density at radius 1 is 1.33 bits per heavy atom. The molecule has 9 heavy (non-hydrogen) atoms. The lowest BCUT2D eigenvalue weighted by atomic mass is 9.72. The largest absolute Gasteiger partial charge is 0.313 e. The van der Waals surface area contributed by atoms with Crippen LogP contribution in [0.15, 0.2) is 0 Å². The minimum absolute atomic E-state index is 0.727. The van der Waals surface area contributed by atoms with Gasteiger partial charge >= 0.3 is 0 Å². The Kier molecular flexibility index (Phi) is 1.80. The smallest absolute Gasteiger partial charge is 0.00786 e. The van der Waals surface area contributed by atoms with Crippen LogP contribution in [0.2, 0.25) is 0 Å². The van der Waals surface area contributed by atoms with Crippen molar-refractivity contribution < 1.29 is 0 Å². The summed E-state index contributed by atoms with van der Waals surface area (Å²) >= 11 is 0. The summed E-state index contributed by atoms with van der Waals surface area (Å²) in [7, 11) is 0. The van der Waals surface area contributed by atoms with E-state index in [1.807, 2.05) is 13.8 Å². The highest BCUT2D eigenvalue weighted by Crippen LogP contribution is 2.45. The van der Waals surface area contributed by atoms with E-state index >= 15 is 0 Å². The van der Waals surface area contributed by atoms with Gasteiger partial charge in [0.25, 0.3) is 0 Å². The van der Waals surface area contributed by atoms with Crippen LogP contribution in [-0.2, 0) is 0 Å². The van der Waals surface area contributed by atoms with Crippen molar-refractivity contribution in [2.75, 3.05) is 6.54 Å². The molecule has 3 fully saturated rings. The number of nitrogens with one attached hydrogen (secondary N) is 1. The Labute approximate surface area is 57.8 Å². The van der Waals surface area contributed by atoms with Crippen LogP contribution in [0, 0.1) is 5.41 Å². The van der Waals surface area contributed by atoms with Gasteiger partial charge in [-0.2, -0.15) is 0 Å². The predicted octanol–water partition coefficient (Wildman–Crippen LogP) is 1.78. The minimum Gasteiger partial charge on any atom is -0.313 e. The van der Waals surface area contributed by atoms with Gasteiger partial charge in [0.15, 0.2) is 0 Å². The second-order valence-electron chi connectivity index (χ2n) is 3.30. The molecule has 0 unspecified atom stereocenters. The third-order valence-electron chi connectivity index (χ3n) is 2.30. The molecule has 3 aliphatic rings. The lowest BCUT2D eigenvalue weighted by Gasteiger charge is -2.32. The molecule has 0 aromatic rings. The van der Waals surface area contributed by atoms with E-state index in [2.05, 4.69) is 12.2 Å². The first kappa shape index (κ1) is 7.07. The average molecular weight is 127 g/mol. The van der Waals surface area contributed by atoms with E-state index in [-0.39, 0.29) is 0 Å². The molecule has 2 aliphatic heterocycles. The lowest BCUT2D eigenvalue weighted by Crippen LogP contribution is -2.30. The molecular formula is C8H17N. The summed E-state index contributed by atoms with van der Waals surface area (Å²) in [6.07, 6.45) is 2.88. The molecule has 54 valence electrons. The van der Waals surface area contributed by atoms with Crippen molar-refractivity contribution in [2.24, 2.45) is 5.41 Å². The number of rotatable bonds is 0. The summed E-state index contributed by atoms with van der Waals surface area (Å²) in [5, 5.41) is 3.43. The molecule has 2 heterocycles. The summed E-state index contributed by atoms with van der Waals surface area (Å²) in [5.74, 6) is 0. The summed E-state index contributed by atoms with van der Waals surface area (Å²) in [6, 6.07) is 0.907. The van der Waals surface area contributed by atoms with Crippen LogP contribution in [0.1, 0.15) is 33.6 Å². The third kappa shape index (κ3) is 1.11. The fourth-order valence-electron chi connectivity index (χ4n) is 1.81. The van der Waals surface area contributed by atoms with Crippen LogP contribution in [0.3, 0.4) is 0 Å². The molecule has 1 nitrogen and oxygen atoms in total. The zero-order chi connectivity index (χ0) is 6.91. The molecule has 1 saturated carbocycles. The van der Waals surface area contributed by atoms with Crippen LogP contribution < -0.4 is 5.32 Å². The molecule has 0 aromatic carbocycles. The maximum absolute atomic E-state index is 3.43. The predicted molar refractivity (Wildman–Crippen MR) is 40.5 cm³/mol. The summed E-state index contributed by atoms with van der Waals surface area (Å²) < 4.78 is 0. The van der Waals surface area contributed by atoms with Crippen molar-refractivity contribution in [3.8, 4) is 0 Å². The Balaban J connectivity index is 0.000000186. The van der Waals surface area contributed by atoms with Crippen molar-refractivity contribution in [1.29, 1.82) is 0 Å². The van der Waals surface area contributed by atoms with Gasteiger partial charge in [-0.05, 0) is 18.3 Å². The number of fused-ring (bicyclic) bond motifs is 1. The maximum Gasteiger partial charge on any atom is 0.00786 e. The van der Waals surface area contributed by atoms with E-state index in [9.17, 15) is 0 Å². The highest BCUT2D eigenvalue weighted by molar-refractivity contribution is 5.03. The van der Waals surface area contributed by atoms with Gasteiger partial charge in [-0.15, -0.1) is 0 Å². The van der Waals surface area contributed by atoms with Gasteiger partial charge < -0.3 is 5.32 Å². The molecule has 0 amide bonds. The zero-order valence-corrected chi connectivity index (χ0v) is 6.70. The van der Waals surface area contributed by atoms with Gasteiger partial charge in [-0.25, -0.2) is 0 Å². The lowest BCUT2D eigenvalue weighted by molar-refractivity contribution is 0.226. The molecule has 0 radical (unpaired) electrons. The number of hydrogen-bond acceptors (Lipinski definition) is 1. The Hall–Kier alpha value is -0.0400. The Morgan fingerprint density at radius 3 is 2.00 bits per heavy atom. The summed E-state index contributed by atoms with van der Waals surface area (Å²) in [4.78, 5) is 0. The highest BCUT2D eigenvalue weighted by Gasteiger charge is 2.46. The Morgan fingerprint density at radius 2 is 1.89 bits per heavy atom. The van der Waals surface area contributed by atoms with Crippen molar-refractivity contribution in [1.82, 2.24) is 5.32 Å². The molecule has 0 atom stereocenters. The molecule has 1 aliphatic carbocycles. The van der Waals surface area contributed by atoms with Crippen molar-refractivity contribution in [3.05, 3.63) is 0 Å². The molecule has 3 rings (SSSR count). The minimum atomic E-state index is 0.727. The zero-order valence-electron chi connectivity index (χ0n) is 6.70. The topological polar surface area (TPSA) is 12.0 Å². The highest BCUT2D eigenvalue weighted by atomic mass is 15.0. The van der Waals surface area contributed by atoms with E-state index in [0.717, 1.165) is 11.5 Å². The van der Waals surface area contributed by atoms with Crippen LogP contribution in [0.4, 0.5) is 0 Å². The van der Waals surface area contributed by atoms with E-state index in [1.165, 1.54) is 19.4 Å². The van der Waals surface area contributed by atoms with Crippen LogP contribution in [-0.4, -0.2) is 12.6 Å². The van der Waals surface area contributed by atoms with E-state index < -0.39 is 0 Å². The van der Waals surface area contributed by atoms with Gasteiger partial charge in [-0.3, -0.25) is 0 Å². The van der Waals surface area contributed by atoms with Gasteiger partial charge in [0.05, 0.1) is 0 Å². The second-order valence-corrected chi connectivity index (χ2v) is 3.30. The van der Waals surface area contributed by atoms with E-state index in [4.69, 9.17) is 0 Å². The fourth-order valence-corrected chi connectivity index (χ4v) is 1.81. The van der Waals surface area contributed by atoms with Gasteiger partial charge in [0.1, 0.15) is 0 Å². The molecule has 0 spiro atoms. The monoisotopic (exact) mass is 127 g/mol. The Bertz CT molecular complexity index is 87.2. The summed E-state index contributed by atoms with van der Waals surface area (Å²) in [5.41, 5.74) is 0.727. The molecule has 2 saturated heterocycles. The third-order valence-corrected chi connectivity index (χ3v) is 2.30. The molecule has 0 aromatic heterocycles. The average Bonchev–Trinajstić information content (AvgIpc) is 2.28. The van der Waals surface area contributed by atoms with Crippen molar-refractivity contribution in [2.45, 2.75) is 39.7 Å². The van der Waals surface area contributed by atoms with Crippen molar-refractivity contribution in [3.63, 3.8) is 0 Å². The standard InChI is InChI=1S/C6H11N.C2H6/c1-6-2-5(3-6)7-4-6;1-2/h5,7H,2-4H2,1H3;1-2H3. The van der Waals surface area contributed by atoms with Crippen LogP contribution in [0.5, 0.6) is 0 Å². The van der Waals surface area contributed by atoms with Gasteiger partial charge in [0, 0.05) is 12.6 Å². The maximum atomic E-state index is 3.43. The normalized spacial score (nSPS) is 45.0. The number of hydrogen-bond donors (Lipinski definition) is 1. The molecule has 2 bridgehead atoms. The first-order valence-electron chi connectivity index (χ1n) is 4.02. The van der Waals surface area contributed by atoms with E-state index in [0.29, 0.717) is 0 Å². The SMILES string of the molecule is CC.CC12CNC(C1)C2. The fraction of sp³-hybridized carbons (Fsp3) is 1.00. The van der Waals surface area contributed by atoms with Crippen LogP contribution in [0.25, 0.3) is 0 Å². The molecular weight excluding hydrogens is 110 g/mol. The quantitative estimate of drug-likeness (QED) is 0.523. The van der Waals surface area contributed by atoms with Gasteiger partial charge in [0.2, 0.25) is 0 Å². The van der Waals surface area contributed by atoms with Crippen molar-refractivity contribution >= 4 is 0 Å². The van der Waals surface area contributed by atoms with E-state index in [1.54, 1.807) is 0 Å². The van der Waals surface area contributed by atoms with Crippen LogP contribution >= 0.6 is 0 Å². The first-order valence-corrected chi connectivity index (χ1v) is 4.02. The first-order chi connectivity index (χ1) is 4.29. The second kappa shape index (κ2) is 2.30. The van der Waals surface area contributed by atoms with Gasteiger partial charge in [-0.1, -0.05) is 20.8 Å². The molecule has 1 heteroatoms. The summed E-state index contributed by atoms with van der Waals surface area (Å²) in [6.45, 7) is 7.64. The molecule has 1 N–H and O–H groups in total.